The van der Waals surface area contributed by atoms with E-state index in [1.54, 1.807) is 38.1 Å². The molecule has 7 nitrogen and oxygen atoms in total. The molecule has 0 aliphatic carbocycles. The molecule has 0 fully saturated rings. The van der Waals surface area contributed by atoms with E-state index < -0.39 is 5.97 Å². The summed E-state index contributed by atoms with van der Waals surface area (Å²) < 4.78 is 15.5. The van der Waals surface area contributed by atoms with Crippen molar-refractivity contribution in [2.24, 2.45) is 0 Å². The van der Waals surface area contributed by atoms with Crippen LogP contribution in [-0.2, 0) is 11.3 Å². The second-order valence-electron chi connectivity index (χ2n) is 4.78. The highest BCUT2D eigenvalue weighted by atomic mass is 35.5. The number of halogens is 1. The van der Waals surface area contributed by atoms with Crippen LogP contribution in [0.4, 0.5) is 0 Å². The van der Waals surface area contributed by atoms with Gasteiger partial charge in [0.2, 0.25) is 5.89 Å². The highest BCUT2D eigenvalue weighted by molar-refractivity contribution is 6.30. The Kier molecular flexibility index (Phi) is 4.12. The summed E-state index contributed by atoms with van der Waals surface area (Å²) in [5.41, 5.74) is 1.51. The Bertz CT molecular complexity index is 819. The SMILES string of the molecule is Cc1noc(C)c1C(=O)OCc1nnc(-c2ccc(Cl)cc2)o1. The number of aryl methyl sites for hydroxylation is 2. The largest absolute Gasteiger partial charge is 0.452 e. The maximum Gasteiger partial charge on any atom is 0.344 e. The van der Waals surface area contributed by atoms with Gasteiger partial charge in [0, 0.05) is 10.6 Å². The summed E-state index contributed by atoms with van der Waals surface area (Å²) in [4.78, 5) is 12.0. The quantitative estimate of drug-likeness (QED) is 0.676. The average Bonchev–Trinajstić information content (AvgIpc) is 3.13. The van der Waals surface area contributed by atoms with Gasteiger partial charge in [0.05, 0.1) is 5.69 Å². The first-order valence-corrected chi connectivity index (χ1v) is 7.10. The van der Waals surface area contributed by atoms with Gasteiger partial charge < -0.3 is 13.7 Å². The topological polar surface area (TPSA) is 91.2 Å². The predicted octanol–water partition coefficient (Wildman–Crippen LogP) is 3.35. The third-order valence-electron chi connectivity index (χ3n) is 3.12. The van der Waals surface area contributed by atoms with Crippen LogP contribution in [0.3, 0.4) is 0 Å². The minimum atomic E-state index is -0.549. The van der Waals surface area contributed by atoms with E-state index in [2.05, 4.69) is 15.4 Å². The number of rotatable bonds is 4. The molecule has 8 heteroatoms. The highest BCUT2D eigenvalue weighted by Gasteiger charge is 2.20. The lowest BCUT2D eigenvalue weighted by Crippen LogP contribution is -2.07. The molecular weight excluding hydrogens is 322 g/mol. The van der Waals surface area contributed by atoms with E-state index >= 15 is 0 Å². The number of aromatic nitrogens is 3. The Morgan fingerprint density at radius 2 is 1.96 bits per heavy atom. The molecular formula is C15H12ClN3O4. The van der Waals surface area contributed by atoms with Gasteiger partial charge in [-0.25, -0.2) is 4.79 Å². The molecule has 118 valence electrons. The van der Waals surface area contributed by atoms with Crippen molar-refractivity contribution in [3.05, 3.63) is 52.2 Å². The zero-order valence-electron chi connectivity index (χ0n) is 12.4. The number of benzene rings is 1. The van der Waals surface area contributed by atoms with Gasteiger partial charge in [-0.3, -0.25) is 0 Å². The minimum absolute atomic E-state index is 0.135. The fraction of sp³-hybridized carbons (Fsp3) is 0.200. The van der Waals surface area contributed by atoms with Crippen LogP contribution in [0.5, 0.6) is 0 Å². The first-order chi connectivity index (χ1) is 11.0. The minimum Gasteiger partial charge on any atom is -0.452 e. The van der Waals surface area contributed by atoms with E-state index in [1.165, 1.54) is 0 Å². The first kappa shape index (κ1) is 15.2. The molecule has 0 aliphatic heterocycles. The molecule has 0 amide bonds. The van der Waals surface area contributed by atoms with Gasteiger partial charge >= 0.3 is 5.97 Å². The highest BCUT2D eigenvalue weighted by Crippen LogP contribution is 2.21. The molecule has 0 saturated carbocycles. The molecule has 0 atom stereocenters. The Labute approximate surface area is 136 Å². The van der Waals surface area contributed by atoms with Crippen LogP contribution in [-0.4, -0.2) is 21.3 Å². The van der Waals surface area contributed by atoms with Crippen LogP contribution in [0, 0.1) is 13.8 Å². The fourth-order valence-electron chi connectivity index (χ4n) is 1.99. The molecule has 0 spiro atoms. The third-order valence-corrected chi connectivity index (χ3v) is 3.37. The van der Waals surface area contributed by atoms with Crippen molar-refractivity contribution in [2.45, 2.75) is 20.5 Å². The summed E-state index contributed by atoms with van der Waals surface area (Å²) >= 11 is 5.83. The Hall–Kier alpha value is -2.67. The Morgan fingerprint density at radius 1 is 1.22 bits per heavy atom. The standard InChI is InChI=1S/C15H12ClN3O4/c1-8-13(9(2)23-19-8)15(20)21-7-12-17-18-14(22-12)10-3-5-11(16)6-4-10/h3-6H,7H2,1-2H3. The van der Waals surface area contributed by atoms with Gasteiger partial charge in [0.1, 0.15) is 11.3 Å². The zero-order chi connectivity index (χ0) is 16.4. The molecule has 2 aromatic heterocycles. The summed E-state index contributed by atoms with van der Waals surface area (Å²) in [6, 6.07) is 6.96. The molecule has 3 rings (SSSR count). The van der Waals surface area contributed by atoms with Gasteiger partial charge in [-0.15, -0.1) is 10.2 Å². The van der Waals surface area contributed by atoms with Crippen molar-refractivity contribution in [1.82, 2.24) is 15.4 Å². The van der Waals surface area contributed by atoms with Crippen molar-refractivity contribution in [3.8, 4) is 11.5 Å². The molecule has 3 aromatic rings. The van der Waals surface area contributed by atoms with Gasteiger partial charge in [0.15, 0.2) is 6.61 Å². The van der Waals surface area contributed by atoms with Crippen molar-refractivity contribution >= 4 is 17.6 Å². The smallest absolute Gasteiger partial charge is 0.344 e. The van der Waals surface area contributed by atoms with E-state index in [1.807, 2.05) is 0 Å². The van der Waals surface area contributed by atoms with Gasteiger partial charge in [-0.1, -0.05) is 16.8 Å². The summed E-state index contributed by atoms with van der Waals surface area (Å²) in [7, 11) is 0. The number of carbonyl (C=O) groups excluding carboxylic acids is 1. The maximum atomic E-state index is 12.0. The fourth-order valence-corrected chi connectivity index (χ4v) is 2.12. The Morgan fingerprint density at radius 3 is 2.61 bits per heavy atom. The molecule has 1 aromatic carbocycles. The number of hydrogen-bond donors (Lipinski definition) is 0. The van der Waals surface area contributed by atoms with E-state index in [9.17, 15) is 4.79 Å². The normalized spacial score (nSPS) is 10.7. The number of esters is 1. The predicted molar refractivity (Wildman–Crippen MR) is 79.8 cm³/mol. The Balaban J connectivity index is 1.68. The lowest BCUT2D eigenvalue weighted by atomic mass is 10.2. The molecule has 0 aliphatic rings. The monoisotopic (exact) mass is 333 g/mol. The van der Waals surface area contributed by atoms with Gasteiger partial charge in [-0.2, -0.15) is 0 Å². The lowest BCUT2D eigenvalue weighted by Gasteiger charge is -2.00. The van der Waals surface area contributed by atoms with Crippen molar-refractivity contribution in [1.29, 1.82) is 0 Å². The van der Waals surface area contributed by atoms with Crippen LogP contribution in [0.15, 0.2) is 33.2 Å². The molecule has 0 radical (unpaired) electrons. The van der Waals surface area contributed by atoms with Crippen LogP contribution in [0.25, 0.3) is 11.5 Å². The molecule has 0 saturated heterocycles. The second-order valence-corrected chi connectivity index (χ2v) is 5.22. The van der Waals surface area contributed by atoms with Crippen molar-refractivity contribution in [3.63, 3.8) is 0 Å². The average molecular weight is 334 g/mol. The summed E-state index contributed by atoms with van der Waals surface area (Å²) in [5.74, 6) is 0.368. The number of ether oxygens (including phenoxy) is 1. The summed E-state index contributed by atoms with van der Waals surface area (Å²) in [6.07, 6.45) is 0. The van der Waals surface area contributed by atoms with E-state index in [0.717, 1.165) is 5.56 Å². The molecule has 2 heterocycles. The molecule has 0 N–H and O–H groups in total. The second kappa shape index (κ2) is 6.21. The van der Waals surface area contributed by atoms with Gasteiger partial charge in [-0.05, 0) is 38.1 Å². The number of nitrogens with zero attached hydrogens (tertiary/aromatic N) is 3. The van der Waals surface area contributed by atoms with Gasteiger partial charge in [0.25, 0.3) is 5.89 Å². The van der Waals surface area contributed by atoms with Crippen molar-refractivity contribution < 1.29 is 18.5 Å². The summed E-state index contributed by atoms with van der Waals surface area (Å²) in [6.45, 7) is 3.17. The number of hydrogen-bond acceptors (Lipinski definition) is 7. The van der Waals surface area contributed by atoms with Crippen LogP contribution < -0.4 is 0 Å². The first-order valence-electron chi connectivity index (χ1n) is 6.73. The molecule has 0 bridgehead atoms. The summed E-state index contributed by atoms with van der Waals surface area (Å²) in [5, 5.41) is 12.1. The van der Waals surface area contributed by atoms with Crippen LogP contribution in [0.1, 0.15) is 27.7 Å². The maximum absolute atomic E-state index is 12.0. The van der Waals surface area contributed by atoms with Crippen molar-refractivity contribution in [2.75, 3.05) is 0 Å². The molecule has 23 heavy (non-hydrogen) atoms. The third kappa shape index (κ3) is 3.24. The molecule has 0 unspecified atom stereocenters. The zero-order valence-corrected chi connectivity index (χ0v) is 13.1. The van der Waals surface area contributed by atoms with E-state index in [4.69, 9.17) is 25.3 Å². The van der Waals surface area contributed by atoms with Crippen LogP contribution in [0.2, 0.25) is 5.02 Å². The van der Waals surface area contributed by atoms with Crippen LogP contribution >= 0.6 is 11.6 Å². The number of carbonyl (C=O) groups is 1. The van der Waals surface area contributed by atoms with E-state index in [0.29, 0.717) is 27.9 Å². The lowest BCUT2D eigenvalue weighted by molar-refractivity contribution is 0.0436. The van der Waals surface area contributed by atoms with E-state index in [-0.39, 0.29) is 12.5 Å².